The molecule has 0 bridgehead atoms. The maximum atomic E-state index is 12.3. The summed E-state index contributed by atoms with van der Waals surface area (Å²) in [5, 5.41) is 2.80. The van der Waals surface area contributed by atoms with E-state index in [4.69, 9.17) is 9.47 Å². The van der Waals surface area contributed by atoms with Crippen LogP contribution in [0.15, 0.2) is 48.5 Å². The standard InChI is InChI=1S/C18H17NO4/c1-22-11-23-14-8-6-12(7-9-14)18(21)19-16-10-13-4-2-3-5-15(13)17(16)20/h2-9,16H,10-11H2,1H3,(H,19,21). The first kappa shape index (κ1) is 15.2. The van der Waals surface area contributed by atoms with Crippen LogP contribution in [0.2, 0.25) is 0 Å². The number of methoxy groups -OCH3 is 1. The maximum Gasteiger partial charge on any atom is 0.251 e. The predicted octanol–water partition coefficient (Wildman–Crippen LogP) is 2.21. The van der Waals surface area contributed by atoms with Crippen molar-refractivity contribution in [2.75, 3.05) is 13.9 Å². The monoisotopic (exact) mass is 311 g/mol. The lowest BCUT2D eigenvalue weighted by Crippen LogP contribution is -2.39. The van der Waals surface area contributed by atoms with Gasteiger partial charge in [-0.1, -0.05) is 24.3 Å². The molecule has 1 aliphatic rings. The Balaban J connectivity index is 1.65. The van der Waals surface area contributed by atoms with Crippen molar-refractivity contribution in [3.63, 3.8) is 0 Å². The Morgan fingerprint density at radius 2 is 1.91 bits per heavy atom. The van der Waals surface area contributed by atoms with Gasteiger partial charge in [0.1, 0.15) is 5.75 Å². The molecule has 2 aromatic rings. The molecule has 1 atom stereocenters. The van der Waals surface area contributed by atoms with Gasteiger partial charge in [0.2, 0.25) is 0 Å². The van der Waals surface area contributed by atoms with E-state index in [0.29, 0.717) is 23.3 Å². The van der Waals surface area contributed by atoms with Crippen LogP contribution < -0.4 is 10.1 Å². The van der Waals surface area contributed by atoms with E-state index >= 15 is 0 Å². The number of carbonyl (C=O) groups is 2. The Bertz CT molecular complexity index is 724. The summed E-state index contributed by atoms with van der Waals surface area (Å²) < 4.78 is 10.1. The van der Waals surface area contributed by atoms with Gasteiger partial charge < -0.3 is 14.8 Å². The van der Waals surface area contributed by atoms with Crippen LogP contribution in [0.1, 0.15) is 26.3 Å². The Morgan fingerprint density at radius 1 is 1.17 bits per heavy atom. The van der Waals surface area contributed by atoms with Crippen molar-refractivity contribution < 1.29 is 19.1 Å². The molecule has 1 amide bonds. The van der Waals surface area contributed by atoms with E-state index in [-0.39, 0.29) is 18.5 Å². The van der Waals surface area contributed by atoms with Crippen LogP contribution in [0.25, 0.3) is 0 Å². The van der Waals surface area contributed by atoms with E-state index in [9.17, 15) is 9.59 Å². The number of benzene rings is 2. The highest BCUT2D eigenvalue weighted by Gasteiger charge is 2.31. The third-order valence-electron chi connectivity index (χ3n) is 3.79. The predicted molar refractivity (Wildman–Crippen MR) is 84.7 cm³/mol. The quantitative estimate of drug-likeness (QED) is 0.860. The molecule has 1 unspecified atom stereocenters. The van der Waals surface area contributed by atoms with Gasteiger partial charge in [0.25, 0.3) is 5.91 Å². The van der Waals surface area contributed by atoms with Gasteiger partial charge >= 0.3 is 0 Å². The minimum atomic E-state index is -0.496. The van der Waals surface area contributed by atoms with Crippen molar-refractivity contribution >= 4 is 11.7 Å². The molecule has 1 aliphatic carbocycles. The van der Waals surface area contributed by atoms with Gasteiger partial charge in [-0.2, -0.15) is 0 Å². The van der Waals surface area contributed by atoms with Crippen molar-refractivity contribution in [1.29, 1.82) is 0 Å². The topological polar surface area (TPSA) is 64.6 Å². The second kappa shape index (κ2) is 6.62. The average molecular weight is 311 g/mol. The summed E-state index contributed by atoms with van der Waals surface area (Å²) in [4.78, 5) is 24.6. The fourth-order valence-electron chi connectivity index (χ4n) is 2.63. The molecule has 0 aliphatic heterocycles. The molecule has 1 N–H and O–H groups in total. The minimum Gasteiger partial charge on any atom is -0.468 e. The van der Waals surface area contributed by atoms with Gasteiger partial charge in [0.05, 0.1) is 6.04 Å². The van der Waals surface area contributed by atoms with E-state index in [1.54, 1.807) is 37.4 Å². The molecule has 5 heteroatoms. The van der Waals surface area contributed by atoms with Crippen LogP contribution in [0.4, 0.5) is 0 Å². The fourth-order valence-corrected chi connectivity index (χ4v) is 2.63. The summed E-state index contributed by atoms with van der Waals surface area (Å²) in [5.74, 6) is 0.316. The number of amides is 1. The largest absolute Gasteiger partial charge is 0.468 e. The van der Waals surface area contributed by atoms with Crippen LogP contribution in [-0.2, 0) is 11.2 Å². The van der Waals surface area contributed by atoms with Crippen LogP contribution in [-0.4, -0.2) is 31.6 Å². The number of rotatable bonds is 5. The number of nitrogens with one attached hydrogen (secondary N) is 1. The summed E-state index contributed by atoms with van der Waals surface area (Å²) in [6.07, 6.45) is 0.537. The van der Waals surface area contributed by atoms with Crippen LogP contribution in [0, 0.1) is 0 Å². The van der Waals surface area contributed by atoms with Gasteiger partial charge in [-0.15, -0.1) is 0 Å². The first-order valence-electron chi connectivity index (χ1n) is 7.34. The first-order chi connectivity index (χ1) is 11.2. The molecule has 2 aromatic carbocycles. The third kappa shape index (κ3) is 3.24. The molecule has 0 saturated heterocycles. The molecule has 3 rings (SSSR count). The number of hydrogen-bond donors (Lipinski definition) is 1. The van der Waals surface area contributed by atoms with Crippen molar-refractivity contribution in [1.82, 2.24) is 5.32 Å². The Hall–Kier alpha value is -2.66. The lowest BCUT2D eigenvalue weighted by Gasteiger charge is -2.11. The summed E-state index contributed by atoms with van der Waals surface area (Å²) in [6.45, 7) is 0.153. The van der Waals surface area contributed by atoms with Crippen molar-refractivity contribution in [2.24, 2.45) is 0 Å². The van der Waals surface area contributed by atoms with Gasteiger partial charge in [-0.25, -0.2) is 0 Å². The normalized spacial score (nSPS) is 16.0. The molecule has 0 spiro atoms. The van der Waals surface area contributed by atoms with Crippen LogP contribution >= 0.6 is 0 Å². The molecule has 23 heavy (non-hydrogen) atoms. The molecule has 0 radical (unpaired) electrons. The molecule has 0 fully saturated rings. The van der Waals surface area contributed by atoms with Crippen LogP contribution in [0.5, 0.6) is 5.75 Å². The molecular formula is C18H17NO4. The van der Waals surface area contributed by atoms with Gasteiger partial charge in [-0.3, -0.25) is 9.59 Å². The number of Topliss-reactive ketones (excluding diaryl/α,β-unsaturated/α-hetero) is 1. The summed E-state index contributed by atoms with van der Waals surface area (Å²) >= 11 is 0. The average Bonchev–Trinajstić information content (AvgIpc) is 2.90. The highest BCUT2D eigenvalue weighted by atomic mass is 16.7. The number of ketones is 1. The molecule has 118 valence electrons. The smallest absolute Gasteiger partial charge is 0.251 e. The lowest BCUT2D eigenvalue weighted by atomic mass is 10.1. The Kier molecular flexibility index (Phi) is 4.39. The summed E-state index contributed by atoms with van der Waals surface area (Å²) in [6, 6.07) is 13.7. The highest BCUT2D eigenvalue weighted by Crippen LogP contribution is 2.22. The van der Waals surface area contributed by atoms with Crippen molar-refractivity contribution in [3.05, 3.63) is 65.2 Å². The number of fused-ring (bicyclic) bond motifs is 1. The molecule has 0 saturated carbocycles. The van der Waals surface area contributed by atoms with E-state index in [2.05, 4.69) is 5.32 Å². The molecular weight excluding hydrogens is 294 g/mol. The van der Waals surface area contributed by atoms with Crippen LogP contribution in [0.3, 0.4) is 0 Å². The highest BCUT2D eigenvalue weighted by molar-refractivity contribution is 6.07. The molecule has 5 nitrogen and oxygen atoms in total. The molecule has 0 aromatic heterocycles. The molecule has 0 heterocycles. The third-order valence-corrected chi connectivity index (χ3v) is 3.79. The summed E-state index contributed by atoms with van der Waals surface area (Å²) in [7, 11) is 1.54. The van der Waals surface area contributed by atoms with Gasteiger partial charge in [0.15, 0.2) is 12.6 Å². The zero-order chi connectivity index (χ0) is 16.2. The lowest BCUT2D eigenvalue weighted by molar-refractivity contribution is 0.0511. The van der Waals surface area contributed by atoms with Crippen molar-refractivity contribution in [2.45, 2.75) is 12.5 Å². The number of carbonyl (C=O) groups excluding carboxylic acids is 2. The van der Waals surface area contributed by atoms with Crippen molar-refractivity contribution in [3.8, 4) is 5.75 Å². The number of hydrogen-bond acceptors (Lipinski definition) is 4. The second-order valence-electron chi connectivity index (χ2n) is 5.33. The Labute approximate surface area is 134 Å². The summed E-state index contributed by atoms with van der Waals surface area (Å²) in [5.41, 5.74) is 2.16. The minimum absolute atomic E-state index is 0.0333. The fraction of sp³-hybridized carbons (Fsp3) is 0.222. The van der Waals surface area contributed by atoms with Gasteiger partial charge in [-0.05, 0) is 29.8 Å². The van der Waals surface area contributed by atoms with Gasteiger partial charge in [0, 0.05) is 24.7 Å². The van der Waals surface area contributed by atoms with E-state index < -0.39 is 6.04 Å². The zero-order valence-electron chi connectivity index (χ0n) is 12.7. The SMILES string of the molecule is COCOc1ccc(C(=O)NC2Cc3ccccc3C2=O)cc1. The first-order valence-corrected chi connectivity index (χ1v) is 7.34. The second-order valence-corrected chi connectivity index (χ2v) is 5.33. The van der Waals surface area contributed by atoms with E-state index in [1.165, 1.54) is 0 Å². The zero-order valence-corrected chi connectivity index (χ0v) is 12.7. The van der Waals surface area contributed by atoms with E-state index in [0.717, 1.165) is 5.56 Å². The Morgan fingerprint density at radius 3 is 2.61 bits per heavy atom. The maximum absolute atomic E-state index is 12.3. The van der Waals surface area contributed by atoms with E-state index in [1.807, 2.05) is 18.2 Å². The number of ether oxygens (including phenoxy) is 2.